The van der Waals surface area contributed by atoms with Crippen molar-refractivity contribution in [3.8, 4) is 0 Å². The summed E-state index contributed by atoms with van der Waals surface area (Å²) in [6, 6.07) is 0. The number of alkyl halides is 3. The van der Waals surface area contributed by atoms with Crippen molar-refractivity contribution in [2.45, 2.75) is 22.0 Å². The number of rotatable bonds is 2. The molecule has 0 radical (unpaired) electrons. The molecular formula is C10H12Cl4O2. The first-order valence-electron chi connectivity index (χ1n) is 4.97. The molecule has 0 aromatic carbocycles. The van der Waals surface area contributed by atoms with Crippen molar-refractivity contribution in [3.63, 3.8) is 0 Å². The van der Waals surface area contributed by atoms with Crippen LogP contribution in [0, 0.1) is 11.8 Å². The topological polar surface area (TPSA) is 40.5 Å². The first-order chi connectivity index (χ1) is 7.36. The van der Waals surface area contributed by atoms with Crippen molar-refractivity contribution in [2.24, 2.45) is 11.8 Å². The molecule has 0 aromatic rings. The molecule has 2 nitrogen and oxygen atoms in total. The van der Waals surface area contributed by atoms with Gasteiger partial charge in [0.05, 0.1) is 10.3 Å². The van der Waals surface area contributed by atoms with Gasteiger partial charge in [0.15, 0.2) is 0 Å². The van der Waals surface area contributed by atoms with Crippen LogP contribution in [0.15, 0.2) is 10.6 Å². The Morgan fingerprint density at radius 3 is 2.00 bits per heavy atom. The molecule has 1 saturated carbocycles. The van der Waals surface area contributed by atoms with Crippen molar-refractivity contribution in [2.75, 3.05) is 13.2 Å². The molecule has 5 atom stereocenters. The molecule has 2 rings (SSSR count). The molecule has 16 heavy (non-hydrogen) atoms. The van der Waals surface area contributed by atoms with Crippen molar-refractivity contribution in [3.05, 3.63) is 10.6 Å². The van der Waals surface area contributed by atoms with E-state index in [-0.39, 0.29) is 19.1 Å². The molecule has 6 heteroatoms. The third kappa shape index (κ3) is 1.19. The minimum atomic E-state index is -1.06. The second kappa shape index (κ2) is 3.91. The molecule has 92 valence electrons. The Bertz CT molecular complexity index is 327. The van der Waals surface area contributed by atoms with E-state index in [9.17, 15) is 10.2 Å². The number of aliphatic hydroxyl groups is 2. The zero-order valence-corrected chi connectivity index (χ0v) is 11.6. The summed E-state index contributed by atoms with van der Waals surface area (Å²) in [7, 11) is 0. The van der Waals surface area contributed by atoms with E-state index >= 15 is 0 Å². The maximum absolute atomic E-state index is 9.41. The van der Waals surface area contributed by atoms with E-state index in [0.29, 0.717) is 10.6 Å². The van der Waals surface area contributed by atoms with Gasteiger partial charge in [0, 0.05) is 30.1 Å². The predicted octanol–water partition coefficient (Wildman–Crippen LogP) is 2.31. The van der Waals surface area contributed by atoms with Gasteiger partial charge >= 0.3 is 0 Å². The van der Waals surface area contributed by atoms with E-state index in [1.807, 2.05) is 0 Å². The summed E-state index contributed by atoms with van der Waals surface area (Å²) in [5.74, 6) is -0.794. The van der Waals surface area contributed by atoms with Crippen LogP contribution in [-0.4, -0.2) is 38.6 Å². The maximum atomic E-state index is 9.41. The fraction of sp³-hybridized carbons (Fsp3) is 0.800. The minimum absolute atomic E-state index is 0.173. The summed E-state index contributed by atoms with van der Waals surface area (Å²) in [6.45, 7) is 1.40. The highest BCUT2D eigenvalue weighted by Crippen LogP contribution is 2.68. The second-order valence-corrected chi connectivity index (χ2v) is 6.48. The van der Waals surface area contributed by atoms with Gasteiger partial charge in [0.25, 0.3) is 0 Å². The Labute approximate surface area is 114 Å². The van der Waals surface area contributed by atoms with Crippen LogP contribution in [0.4, 0.5) is 0 Å². The summed E-state index contributed by atoms with van der Waals surface area (Å²) in [5, 5.41) is 18.6. The molecule has 0 spiro atoms. The number of fused-ring (bicyclic) bond motifs is 2. The number of hydrogen-bond donors (Lipinski definition) is 2. The van der Waals surface area contributed by atoms with Gasteiger partial charge in [-0.2, -0.15) is 0 Å². The average molecular weight is 306 g/mol. The summed E-state index contributed by atoms with van der Waals surface area (Å²) in [4.78, 5) is -2.01. The van der Waals surface area contributed by atoms with E-state index < -0.39 is 21.0 Å². The van der Waals surface area contributed by atoms with E-state index in [1.165, 1.54) is 0 Å². The van der Waals surface area contributed by atoms with Crippen LogP contribution >= 0.6 is 46.4 Å². The third-order valence-corrected chi connectivity index (χ3v) is 7.01. The first kappa shape index (κ1) is 13.3. The van der Waals surface area contributed by atoms with Crippen LogP contribution in [0.25, 0.3) is 0 Å². The van der Waals surface area contributed by atoms with Crippen LogP contribution in [0.2, 0.25) is 0 Å². The number of hydrogen-bond acceptors (Lipinski definition) is 2. The second-order valence-electron chi connectivity index (χ2n) is 4.42. The largest absolute Gasteiger partial charge is 0.396 e. The number of allylic oxidation sites excluding steroid dienone is 2. The van der Waals surface area contributed by atoms with Gasteiger partial charge in [-0.05, 0) is 12.5 Å². The molecule has 2 aliphatic carbocycles. The summed E-state index contributed by atoms with van der Waals surface area (Å²) in [5.41, 5.74) is 0.703. The maximum Gasteiger partial charge on any atom is 0.104 e. The van der Waals surface area contributed by atoms with Crippen LogP contribution in [0.5, 0.6) is 0 Å². The van der Waals surface area contributed by atoms with E-state index in [0.717, 1.165) is 0 Å². The van der Waals surface area contributed by atoms with Crippen molar-refractivity contribution >= 4 is 46.4 Å². The monoisotopic (exact) mass is 304 g/mol. The molecule has 0 aliphatic heterocycles. The molecular weight excluding hydrogens is 294 g/mol. The highest BCUT2D eigenvalue weighted by atomic mass is 35.5. The van der Waals surface area contributed by atoms with Crippen LogP contribution < -0.4 is 0 Å². The van der Waals surface area contributed by atoms with Crippen molar-refractivity contribution < 1.29 is 10.2 Å². The zero-order chi connectivity index (χ0) is 12.3. The Hall–Kier alpha value is 0.820. The molecule has 0 amide bonds. The van der Waals surface area contributed by atoms with Crippen LogP contribution in [0.1, 0.15) is 6.92 Å². The molecule has 0 heterocycles. The van der Waals surface area contributed by atoms with Crippen LogP contribution in [-0.2, 0) is 0 Å². The standard InChI is InChI=1S/C10H12Cl4O2/c1-4-7(11)10(14)6(3-16)5(2-15)9(4,13)8(10)12/h5-6,8,15-16H,2-3H2,1H3. The highest BCUT2D eigenvalue weighted by molar-refractivity contribution is 6.49. The molecule has 5 unspecified atom stereocenters. The lowest BCUT2D eigenvalue weighted by Crippen LogP contribution is -2.40. The fourth-order valence-electron chi connectivity index (χ4n) is 2.99. The molecule has 2 aliphatic rings. The van der Waals surface area contributed by atoms with Gasteiger partial charge in [0.1, 0.15) is 4.87 Å². The molecule has 0 saturated heterocycles. The Kier molecular flexibility index (Phi) is 3.24. The average Bonchev–Trinajstić information content (AvgIpc) is 2.52. The highest BCUT2D eigenvalue weighted by Gasteiger charge is 2.73. The van der Waals surface area contributed by atoms with Crippen molar-refractivity contribution in [1.82, 2.24) is 0 Å². The van der Waals surface area contributed by atoms with Gasteiger partial charge in [-0.15, -0.1) is 34.8 Å². The van der Waals surface area contributed by atoms with E-state index in [4.69, 9.17) is 46.4 Å². The van der Waals surface area contributed by atoms with Gasteiger partial charge in [-0.3, -0.25) is 0 Å². The zero-order valence-electron chi connectivity index (χ0n) is 8.55. The smallest absolute Gasteiger partial charge is 0.104 e. The lowest BCUT2D eigenvalue weighted by Gasteiger charge is -2.36. The third-order valence-electron chi connectivity index (χ3n) is 3.94. The van der Waals surface area contributed by atoms with Crippen molar-refractivity contribution in [1.29, 1.82) is 0 Å². The lowest BCUT2D eigenvalue weighted by molar-refractivity contribution is 0.118. The van der Waals surface area contributed by atoms with Crippen LogP contribution in [0.3, 0.4) is 0 Å². The minimum Gasteiger partial charge on any atom is -0.396 e. The van der Waals surface area contributed by atoms with Gasteiger partial charge in [-0.25, -0.2) is 0 Å². The fourth-order valence-corrected chi connectivity index (χ4v) is 5.17. The molecule has 2 N–H and O–H groups in total. The van der Waals surface area contributed by atoms with Gasteiger partial charge in [-0.1, -0.05) is 11.6 Å². The van der Waals surface area contributed by atoms with Gasteiger partial charge < -0.3 is 10.2 Å². The quantitative estimate of drug-likeness (QED) is 0.769. The SMILES string of the molecule is CC1=C(Cl)C2(Cl)C(CO)C(CO)C1(Cl)C2Cl. The predicted molar refractivity (Wildman–Crippen MR) is 66.5 cm³/mol. The molecule has 1 fully saturated rings. The van der Waals surface area contributed by atoms with E-state index in [2.05, 4.69) is 0 Å². The van der Waals surface area contributed by atoms with Gasteiger partial charge in [0.2, 0.25) is 0 Å². The van der Waals surface area contributed by atoms with E-state index in [1.54, 1.807) is 6.92 Å². The summed E-state index contributed by atoms with van der Waals surface area (Å²) < 4.78 is 0. The number of aliphatic hydroxyl groups excluding tert-OH is 2. The Morgan fingerprint density at radius 1 is 1.12 bits per heavy atom. The summed E-state index contributed by atoms with van der Waals surface area (Å²) >= 11 is 25.4. The lowest BCUT2D eigenvalue weighted by atomic mass is 9.80. The molecule has 0 aromatic heterocycles. The molecule has 2 bridgehead atoms. The summed E-state index contributed by atoms with van der Waals surface area (Å²) in [6.07, 6.45) is 0. The first-order valence-corrected chi connectivity index (χ1v) is 6.54. The Balaban J connectivity index is 2.61. The Morgan fingerprint density at radius 2 is 1.56 bits per heavy atom. The normalized spacial score (nSPS) is 51.6. The number of halogens is 4.